The van der Waals surface area contributed by atoms with Crippen molar-refractivity contribution < 1.29 is 14.0 Å². The van der Waals surface area contributed by atoms with Gasteiger partial charge in [0.1, 0.15) is 11.3 Å². The number of nitrogens with one attached hydrogen (secondary N) is 2. The molecule has 0 aliphatic carbocycles. The first-order valence-corrected chi connectivity index (χ1v) is 8.48. The maximum absolute atomic E-state index is 12.0. The van der Waals surface area contributed by atoms with E-state index in [0.717, 1.165) is 28.6 Å². The number of amides is 2. The summed E-state index contributed by atoms with van der Waals surface area (Å²) in [6.07, 6.45) is 3.76. The standard InChI is InChI=1S/C21H20N2O3/c1-2-15-7-3-5-9-18(15)23-21(25)14-22-20(24)12-11-17-13-16-8-4-6-10-19(16)26-17/h3-13H,2,14H2,1H3,(H,22,24)(H,23,25)/b12-11+. The van der Waals surface area contributed by atoms with E-state index in [1.807, 2.05) is 61.5 Å². The van der Waals surface area contributed by atoms with E-state index in [1.165, 1.54) is 6.08 Å². The number of para-hydroxylation sites is 2. The molecule has 2 N–H and O–H groups in total. The van der Waals surface area contributed by atoms with Gasteiger partial charge in [0.15, 0.2) is 0 Å². The summed E-state index contributed by atoms with van der Waals surface area (Å²) in [6, 6.07) is 17.1. The van der Waals surface area contributed by atoms with Crippen molar-refractivity contribution in [2.45, 2.75) is 13.3 Å². The summed E-state index contributed by atoms with van der Waals surface area (Å²) < 4.78 is 5.60. The normalized spacial score (nSPS) is 11.0. The maximum Gasteiger partial charge on any atom is 0.244 e. The van der Waals surface area contributed by atoms with Gasteiger partial charge in [0.05, 0.1) is 6.54 Å². The zero-order chi connectivity index (χ0) is 18.4. The Morgan fingerprint density at radius 3 is 2.65 bits per heavy atom. The second kappa shape index (κ2) is 8.16. The van der Waals surface area contributed by atoms with Crippen LogP contribution in [0, 0.1) is 0 Å². The van der Waals surface area contributed by atoms with Crippen LogP contribution in [-0.2, 0) is 16.0 Å². The van der Waals surface area contributed by atoms with E-state index in [1.54, 1.807) is 6.08 Å². The van der Waals surface area contributed by atoms with E-state index in [9.17, 15) is 9.59 Å². The molecule has 1 aromatic heterocycles. The predicted molar refractivity (Wildman–Crippen MR) is 103 cm³/mol. The zero-order valence-corrected chi connectivity index (χ0v) is 14.5. The number of furan rings is 1. The average Bonchev–Trinajstić information content (AvgIpc) is 3.08. The molecule has 0 aliphatic rings. The summed E-state index contributed by atoms with van der Waals surface area (Å²) in [7, 11) is 0. The highest BCUT2D eigenvalue weighted by molar-refractivity contribution is 5.98. The number of fused-ring (bicyclic) bond motifs is 1. The van der Waals surface area contributed by atoms with E-state index >= 15 is 0 Å². The number of carbonyl (C=O) groups excluding carboxylic acids is 2. The van der Waals surface area contributed by atoms with E-state index in [2.05, 4.69) is 10.6 Å². The molecule has 0 fully saturated rings. The van der Waals surface area contributed by atoms with Crippen molar-refractivity contribution in [3.8, 4) is 0 Å². The highest BCUT2D eigenvalue weighted by Gasteiger charge is 2.07. The molecule has 2 amide bonds. The minimum absolute atomic E-state index is 0.0959. The largest absolute Gasteiger partial charge is 0.457 e. The van der Waals surface area contributed by atoms with Crippen LogP contribution in [-0.4, -0.2) is 18.4 Å². The SMILES string of the molecule is CCc1ccccc1NC(=O)CNC(=O)/C=C/c1cc2ccccc2o1. The molecule has 5 nitrogen and oxygen atoms in total. The van der Waals surface area contributed by atoms with Crippen molar-refractivity contribution in [1.29, 1.82) is 0 Å². The third-order valence-corrected chi connectivity index (χ3v) is 3.94. The molecule has 3 rings (SSSR count). The van der Waals surface area contributed by atoms with Crippen LogP contribution in [0.4, 0.5) is 5.69 Å². The lowest BCUT2D eigenvalue weighted by atomic mass is 10.1. The van der Waals surface area contributed by atoms with Crippen LogP contribution in [0.15, 0.2) is 65.1 Å². The summed E-state index contributed by atoms with van der Waals surface area (Å²) in [5.74, 6) is -0.0385. The van der Waals surface area contributed by atoms with Crippen molar-refractivity contribution in [3.63, 3.8) is 0 Å². The predicted octanol–water partition coefficient (Wildman–Crippen LogP) is 3.76. The molecule has 0 atom stereocenters. The van der Waals surface area contributed by atoms with E-state index in [-0.39, 0.29) is 18.4 Å². The molecule has 0 saturated heterocycles. The van der Waals surface area contributed by atoms with Crippen LogP contribution in [0.25, 0.3) is 17.0 Å². The van der Waals surface area contributed by atoms with E-state index < -0.39 is 0 Å². The van der Waals surface area contributed by atoms with Gasteiger partial charge < -0.3 is 15.1 Å². The van der Waals surface area contributed by atoms with Crippen LogP contribution < -0.4 is 10.6 Å². The van der Waals surface area contributed by atoms with Gasteiger partial charge in [-0.2, -0.15) is 0 Å². The Labute approximate surface area is 151 Å². The van der Waals surface area contributed by atoms with Crippen LogP contribution in [0.1, 0.15) is 18.2 Å². The molecule has 0 unspecified atom stereocenters. The van der Waals surface area contributed by atoms with Crippen LogP contribution in [0.2, 0.25) is 0 Å². The molecule has 3 aromatic rings. The summed E-state index contributed by atoms with van der Waals surface area (Å²) in [5.41, 5.74) is 2.59. The molecule has 0 saturated carbocycles. The minimum atomic E-state index is -0.357. The number of carbonyl (C=O) groups is 2. The van der Waals surface area contributed by atoms with Gasteiger partial charge in [0.2, 0.25) is 11.8 Å². The molecule has 0 aliphatic heterocycles. The Bertz CT molecular complexity index is 924. The fourth-order valence-electron chi connectivity index (χ4n) is 2.61. The maximum atomic E-state index is 12.0. The lowest BCUT2D eigenvalue weighted by Gasteiger charge is -2.09. The highest BCUT2D eigenvalue weighted by atomic mass is 16.3. The molecular weight excluding hydrogens is 328 g/mol. The fraction of sp³-hybridized carbons (Fsp3) is 0.143. The smallest absolute Gasteiger partial charge is 0.244 e. The van der Waals surface area contributed by atoms with Crippen LogP contribution in [0.3, 0.4) is 0 Å². The van der Waals surface area contributed by atoms with Gasteiger partial charge in [-0.25, -0.2) is 0 Å². The molecular formula is C21H20N2O3. The number of benzene rings is 2. The third kappa shape index (κ3) is 4.39. The van der Waals surface area contributed by atoms with Crippen molar-refractivity contribution in [2.24, 2.45) is 0 Å². The van der Waals surface area contributed by atoms with Crippen LogP contribution in [0.5, 0.6) is 0 Å². The first kappa shape index (κ1) is 17.5. The Balaban J connectivity index is 1.52. The zero-order valence-electron chi connectivity index (χ0n) is 14.5. The average molecular weight is 348 g/mol. The summed E-state index contributed by atoms with van der Waals surface area (Å²) in [5, 5.41) is 6.35. The molecule has 5 heteroatoms. The number of anilines is 1. The Kier molecular flexibility index (Phi) is 5.49. The number of hydrogen-bond acceptors (Lipinski definition) is 3. The first-order valence-electron chi connectivity index (χ1n) is 8.48. The third-order valence-electron chi connectivity index (χ3n) is 3.94. The molecule has 0 radical (unpaired) electrons. The molecule has 1 heterocycles. The van der Waals surface area contributed by atoms with Crippen molar-refractivity contribution in [1.82, 2.24) is 5.32 Å². The highest BCUT2D eigenvalue weighted by Crippen LogP contribution is 2.19. The van der Waals surface area contributed by atoms with Gasteiger partial charge in [-0.15, -0.1) is 0 Å². The molecule has 2 aromatic carbocycles. The Morgan fingerprint density at radius 2 is 1.85 bits per heavy atom. The molecule has 26 heavy (non-hydrogen) atoms. The van der Waals surface area contributed by atoms with Crippen molar-refractivity contribution in [3.05, 3.63) is 72.0 Å². The number of hydrogen-bond donors (Lipinski definition) is 2. The second-order valence-corrected chi connectivity index (χ2v) is 5.80. The lowest BCUT2D eigenvalue weighted by Crippen LogP contribution is -2.31. The van der Waals surface area contributed by atoms with Gasteiger partial charge in [0, 0.05) is 17.1 Å². The number of rotatable bonds is 6. The van der Waals surface area contributed by atoms with Gasteiger partial charge in [-0.1, -0.05) is 43.3 Å². The Hall–Kier alpha value is -3.34. The van der Waals surface area contributed by atoms with E-state index in [0.29, 0.717) is 5.76 Å². The van der Waals surface area contributed by atoms with Crippen molar-refractivity contribution in [2.75, 3.05) is 11.9 Å². The molecule has 0 spiro atoms. The minimum Gasteiger partial charge on any atom is -0.457 e. The van der Waals surface area contributed by atoms with E-state index in [4.69, 9.17) is 4.42 Å². The summed E-state index contributed by atoms with van der Waals surface area (Å²) in [6.45, 7) is 1.93. The molecule has 132 valence electrons. The quantitative estimate of drug-likeness (QED) is 0.666. The summed E-state index contributed by atoms with van der Waals surface area (Å²) >= 11 is 0. The van der Waals surface area contributed by atoms with Crippen molar-refractivity contribution >= 4 is 34.5 Å². The fourth-order valence-corrected chi connectivity index (χ4v) is 2.61. The number of aryl methyl sites for hydroxylation is 1. The van der Waals surface area contributed by atoms with Crippen LogP contribution >= 0.6 is 0 Å². The van der Waals surface area contributed by atoms with Gasteiger partial charge in [-0.05, 0) is 36.3 Å². The van der Waals surface area contributed by atoms with Gasteiger partial charge in [0.25, 0.3) is 0 Å². The first-order chi connectivity index (χ1) is 12.7. The summed E-state index contributed by atoms with van der Waals surface area (Å²) in [4.78, 5) is 23.9. The van der Waals surface area contributed by atoms with Gasteiger partial charge in [-0.3, -0.25) is 9.59 Å². The Morgan fingerprint density at radius 1 is 1.08 bits per heavy atom. The second-order valence-electron chi connectivity index (χ2n) is 5.80. The topological polar surface area (TPSA) is 71.3 Å². The van der Waals surface area contributed by atoms with Gasteiger partial charge >= 0.3 is 0 Å². The monoisotopic (exact) mass is 348 g/mol. The lowest BCUT2D eigenvalue weighted by molar-refractivity contribution is -0.121. The molecule has 0 bridgehead atoms.